The van der Waals surface area contributed by atoms with Crippen LogP contribution in [0.15, 0.2) is 36.4 Å². The van der Waals surface area contributed by atoms with Gasteiger partial charge < -0.3 is 54.0 Å². The molecule has 0 aromatic heterocycles. The summed E-state index contributed by atoms with van der Waals surface area (Å²) in [5.41, 5.74) is 0.383. The topological polar surface area (TPSA) is 191 Å². The number of carboxylic acid groups (broad SMARTS) is 1. The summed E-state index contributed by atoms with van der Waals surface area (Å²) < 4.78 is 31.5. The molecular formula is C25H28O13. The van der Waals surface area contributed by atoms with Gasteiger partial charge in [0, 0.05) is 6.08 Å². The summed E-state index contributed by atoms with van der Waals surface area (Å²) in [7, 11) is 4.00. The first-order valence-corrected chi connectivity index (χ1v) is 11.2. The zero-order valence-electron chi connectivity index (χ0n) is 20.6. The fourth-order valence-electron chi connectivity index (χ4n) is 3.56. The Hall–Kier alpha value is -4.04. The number of carbonyl (C=O) groups excluding carboxylic acids is 1. The molecule has 0 radical (unpaired) electrons. The van der Waals surface area contributed by atoms with Gasteiger partial charge in [0.15, 0.2) is 23.0 Å². The minimum Gasteiger partial charge on any atom is -0.502 e. The molecule has 1 saturated heterocycles. The first kappa shape index (κ1) is 28.5. The molecule has 0 saturated carbocycles. The number of phenols is 1. The van der Waals surface area contributed by atoms with E-state index in [2.05, 4.69) is 0 Å². The van der Waals surface area contributed by atoms with Gasteiger partial charge in [-0.05, 0) is 42.0 Å². The van der Waals surface area contributed by atoms with Gasteiger partial charge in [-0.3, -0.25) is 0 Å². The molecule has 2 aromatic carbocycles. The number of carboxylic acids is 1. The maximum Gasteiger partial charge on any atom is 0.335 e. The molecule has 206 valence electrons. The van der Waals surface area contributed by atoms with Crippen LogP contribution in [0.1, 0.15) is 15.9 Å². The van der Waals surface area contributed by atoms with Gasteiger partial charge in [0.2, 0.25) is 12.0 Å². The van der Waals surface area contributed by atoms with Crippen molar-refractivity contribution < 1.29 is 63.5 Å². The molecule has 1 fully saturated rings. The third-order valence-electron chi connectivity index (χ3n) is 5.63. The molecule has 13 heteroatoms. The van der Waals surface area contributed by atoms with Gasteiger partial charge in [-0.25, -0.2) is 9.59 Å². The lowest BCUT2D eigenvalue weighted by Crippen LogP contribution is -2.60. The SMILES string of the molecule is COc1cc(C(=O)O)ccc1O[C@@H]1O[C@H](COC(=O)/C=C/c2cc(OC)c(O)c(OC)c2)[C@@H](O)[C@H](O)[C@H]1O. The maximum atomic E-state index is 12.3. The number of hydrogen-bond acceptors (Lipinski definition) is 12. The quantitative estimate of drug-likeness (QED) is 0.209. The second-order valence-electron chi connectivity index (χ2n) is 8.04. The van der Waals surface area contributed by atoms with Crippen molar-refractivity contribution in [3.8, 4) is 28.7 Å². The third-order valence-corrected chi connectivity index (χ3v) is 5.63. The minimum atomic E-state index is -1.71. The Balaban J connectivity index is 1.67. The first-order chi connectivity index (χ1) is 18.1. The summed E-state index contributed by atoms with van der Waals surface area (Å²) in [5, 5.41) is 50.0. The number of aromatic hydroxyl groups is 1. The average molecular weight is 536 g/mol. The number of aromatic carboxylic acids is 1. The van der Waals surface area contributed by atoms with E-state index in [1.807, 2.05) is 0 Å². The molecule has 1 aliphatic rings. The van der Waals surface area contributed by atoms with Crippen molar-refractivity contribution in [2.24, 2.45) is 0 Å². The summed E-state index contributed by atoms with van der Waals surface area (Å²) >= 11 is 0. The fourth-order valence-corrected chi connectivity index (χ4v) is 3.56. The number of aliphatic hydroxyl groups is 3. The van der Waals surface area contributed by atoms with E-state index in [-0.39, 0.29) is 34.3 Å². The van der Waals surface area contributed by atoms with E-state index in [0.717, 1.165) is 6.08 Å². The lowest BCUT2D eigenvalue weighted by Gasteiger charge is -2.40. The van der Waals surface area contributed by atoms with Crippen LogP contribution in [0.4, 0.5) is 0 Å². The summed E-state index contributed by atoms with van der Waals surface area (Å²) in [6.07, 6.45) is -5.38. The molecule has 0 aliphatic carbocycles. The molecule has 0 spiro atoms. The van der Waals surface area contributed by atoms with E-state index in [0.29, 0.717) is 5.56 Å². The highest BCUT2D eigenvalue weighted by Gasteiger charge is 2.45. The maximum absolute atomic E-state index is 12.3. The number of esters is 1. The van der Waals surface area contributed by atoms with E-state index in [4.69, 9.17) is 33.5 Å². The van der Waals surface area contributed by atoms with Crippen LogP contribution in [-0.4, -0.2) is 96.1 Å². The number of ether oxygens (including phenoxy) is 6. The average Bonchev–Trinajstić information content (AvgIpc) is 2.91. The van der Waals surface area contributed by atoms with Crippen molar-refractivity contribution in [2.75, 3.05) is 27.9 Å². The van der Waals surface area contributed by atoms with Crippen molar-refractivity contribution >= 4 is 18.0 Å². The van der Waals surface area contributed by atoms with Gasteiger partial charge in [0.25, 0.3) is 0 Å². The molecule has 0 bridgehead atoms. The molecule has 5 N–H and O–H groups in total. The zero-order valence-corrected chi connectivity index (χ0v) is 20.6. The molecule has 0 amide bonds. The summed E-state index contributed by atoms with van der Waals surface area (Å²) in [4.78, 5) is 23.4. The lowest BCUT2D eigenvalue weighted by molar-refractivity contribution is -0.278. The Bertz CT molecular complexity index is 1150. The van der Waals surface area contributed by atoms with Crippen LogP contribution in [0, 0.1) is 0 Å². The molecular weight excluding hydrogens is 508 g/mol. The number of benzene rings is 2. The fraction of sp³-hybridized carbons (Fsp3) is 0.360. The Morgan fingerprint density at radius 3 is 2.11 bits per heavy atom. The van der Waals surface area contributed by atoms with Gasteiger partial charge in [-0.15, -0.1) is 0 Å². The molecule has 0 unspecified atom stereocenters. The van der Waals surface area contributed by atoms with Crippen molar-refractivity contribution in [1.82, 2.24) is 0 Å². The summed E-state index contributed by atoms with van der Waals surface area (Å²) in [6, 6.07) is 6.65. The van der Waals surface area contributed by atoms with Crippen LogP contribution >= 0.6 is 0 Å². The molecule has 1 aliphatic heterocycles. The van der Waals surface area contributed by atoms with Crippen molar-refractivity contribution in [2.45, 2.75) is 30.7 Å². The van der Waals surface area contributed by atoms with Gasteiger partial charge in [-0.1, -0.05) is 0 Å². The Kier molecular flexibility index (Phi) is 9.36. The Morgan fingerprint density at radius 1 is 0.895 bits per heavy atom. The second kappa shape index (κ2) is 12.5. The first-order valence-electron chi connectivity index (χ1n) is 11.2. The number of hydrogen-bond donors (Lipinski definition) is 5. The zero-order chi connectivity index (χ0) is 28.0. The molecule has 13 nitrogen and oxygen atoms in total. The van der Waals surface area contributed by atoms with E-state index < -0.39 is 49.3 Å². The number of rotatable bonds is 10. The van der Waals surface area contributed by atoms with E-state index in [9.17, 15) is 30.0 Å². The van der Waals surface area contributed by atoms with Gasteiger partial charge in [0.05, 0.1) is 26.9 Å². The Labute approximate surface area is 217 Å². The smallest absolute Gasteiger partial charge is 0.335 e. The molecule has 5 atom stereocenters. The van der Waals surface area contributed by atoms with Gasteiger partial charge in [-0.2, -0.15) is 0 Å². The molecule has 2 aromatic rings. The highest BCUT2D eigenvalue weighted by Crippen LogP contribution is 2.37. The largest absolute Gasteiger partial charge is 0.502 e. The van der Waals surface area contributed by atoms with E-state index >= 15 is 0 Å². The van der Waals surface area contributed by atoms with E-state index in [1.165, 1.54) is 57.7 Å². The van der Waals surface area contributed by atoms with Crippen LogP contribution in [-0.2, 0) is 14.3 Å². The van der Waals surface area contributed by atoms with Crippen molar-refractivity contribution in [3.63, 3.8) is 0 Å². The summed E-state index contributed by atoms with van der Waals surface area (Å²) in [5.74, 6) is -1.93. The number of methoxy groups -OCH3 is 3. The summed E-state index contributed by atoms with van der Waals surface area (Å²) in [6.45, 7) is -0.509. The minimum absolute atomic E-state index is 0.00331. The van der Waals surface area contributed by atoms with Crippen LogP contribution < -0.4 is 18.9 Å². The van der Waals surface area contributed by atoms with Crippen LogP contribution in [0.2, 0.25) is 0 Å². The molecule has 38 heavy (non-hydrogen) atoms. The monoisotopic (exact) mass is 536 g/mol. The highest BCUT2D eigenvalue weighted by atomic mass is 16.7. The van der Waals surface area contributed by atoms with Crippen LogP contribution in [0.5, 0.6) is 28.7 Å². The van der Waals surface area contributed by atoms with Crippen LogP contribution in [0.25, 0.3) is 6.08 Å². The number of aliphatic hydroxyl groups excluding tert-OH is 3. The van der Waals surface area contributed by atoms with Crippen molar-refractivity contribution in [3.05, 3.63) is 47.5 Å². The van der Waals surface area contributed by atoms with Crippen LogP contribution in [0.3, 0.4) is 0 Å². The lowest BCUT2D eigenvalue weighted by atomic mass is 9.99. The normalized spacial score (nSPS) is 23.1. The third kappa shape index (κ3) is 6.44. The van der Waals surface area contributed by atoms with Gasteiger partial charge in [0.1, 0.15) is 31.0 Å². The Morgan fingerprint density at radius 2 is 1.53 bits per heavy atom. The second-order valence-corrected chi connectivity index (χ2v) is 8.04. The standard InChI is InChI=1S/C25H28O13/c1-33-15-10-13(24(31)32)5-6-14(15)37-25-23(30)22(29)21(28)18(38-25)11-36-19(26)7-4-12-8-16(34-2)20(27)17(9-12)35-3/h4-10,18,21-23,25,27-30H,11H2,1-3H3,(H,31,32)/b7-4+/t18-,21-,22+,23-,25-/m1/s1. The predicted molar refractivity (Wildman–Crippen MR) is 128 cm³/mol. The van der Waals surface area contributed by atoms with E-state index in [1.54, 1.807) is 0 Å². The van der Waals surface area contributed by atoms with Gasteiger partial charge >= 0.3 is 11.9 Å². The number of phenolic OH excluding ortho intramolecular Hbond substituents is 1. The van der Waals surface area contributed by atoms with Crippen molar-refractivity contribution in [1.29, 1.82) is 0 Å². The highest BCUT2D eigenvalue weighted by molar-refractivity contribution is 5.88. The predicted octanol–water partition coefficient (Wildman–Crippen LogP) is 0.559. The number of carbonyl (C=O) groups is 2. The molecule has 1 heterocycles. The molecule has 3 rings (SSSR count).